The molecule has 0 radical (unpaired) electrons. The van der Waals surface area contributed by atoms with Gasteiger partial charge in [0.25, 0.3) is 0 Å². The Morgan fingerprint density at radius 3 is 2.42 bits per heavy atom. The van der Waals surface area contributed by atoms with Crippen LogP contribution in [-0.2, 0) is 6.54 Å². The molecule has 3 nitrogen and oxygen atoms in total. The van der Waals surface area contributed by atoms with E-state index in [0.29, 0.717) is 0 Å². The van der Waals surface area contributed by atoms with E-state index in [1.165, 1.54) is 18.4 Å². The minimum Gasteiger partial charge on any atom is -0.347 e. The highest BCUT2D eigenvalue weighted by atomic mass is 15.0. The highest BCUT2D eigenvalue weighted by Crippen LogP contribution is 2.22. The largest absolute Gasteiger partial charge is 0.347 e. The zero-order valence-corrected chi connectivity index (χ0v) is 14.2. The Bertz CT molecular complexity index is 719. The molecule has 124 valence electrons. The van der Waals surface area contributed by atoms with E-state index in [2.05, 4.69) is 59.7 Å². The van der Waals surface area contributed by atoms with Gasteiger partial charge in [0.05, 0.1) is 11.7 Å². The Balaban J connectivity index is 1.72. The number of aromatic amines is 1. The lowest BCUT2D eigenvalue weighted by molar-refractivity contribution is 0.463. The number of rotatable bonds is 8. The molecule has 1 atom stereocenters. The SMILES string of the molecule is CCCC[C@@H](NCc1ccccc1)c1nc(-c2ccccc2)c[nH]1. The second-order valence-corrected chi connectivity index (χ2v) is 6.10. The van der Waals surface area contributed by atoms with Gasteiger partial charge in [-0.2, -0.15) is 0 Å². The summed E-state index contributed by atoms with van der Waals surface area (Å²) in [6, 6.07) is 21.1. The summed E-state index contributed by atoms with van der Waals surface area (Å²) >= 11 is 0. The molecule has 0 aliphatic heterocycles. The third-order valence-electron chi connectivity index (χ3n) is 4.24. The molecule has 1 heterocycles. The summed E-state index contributed by atoms with van der Waals surface area (Å²) < 4.78 is 0. The molecule has 0 spiro atoms. The quantitative estimate of drug-likeness (QED) is 0.606. The molecule has 3 aromatic rings. The first kappa shape index (κ1) is 16.5. The maximum atomic E-state index is 4.83. The molecule has 2 N–H and O–H groups in total. The number of imidazole rings is 1. The predicted octanol–water partition coefficient (Wildman–Crippen LogP) is 5.10. The van der Waals surface area contributed by atoms with Crippen molar-refractivity contribution >= 4 is 0 Å². The summed E-state index contributed by atoms with van der Waals surface area (Å²) in [5.41, 5.74) is 3.46. The molecule has 0 fully saturated rings. The van der Waals surface area contributed by atoms with Crippen LogP contribution in [0.3, 0.4) is 0 Å². The maximum absolute atomic E-state index is 4.83. The first-order valence-electron chi connectivity index (χ1n) is 8.75. The minimum atomic E-state index is 0.252. The molecule has 24 heavy (non-hydrogen) atoms. The third kappa shape index (κ3) is 4.33. The molecule has 0 amide bonds. The topological polar surface area (TPSA) is 40.7 Å². The molecule has 1 aromatic heterocycles. The van der Waals surface area contributed by atoms with Crippen LogP contribution in [0.5, 0.6) is 0 Å². The van der Waals surface area contributed by atoms with Gasteiger partial charge in [-0.05, 0) is 12.0 Å². The average molecular weight is 319 g/mol. The Kier molecular flexibility index (Phi) is 5.80. The van der Waals surface area contributed by atoms with Crippen molar-refractivity contribution in [2.45, 2.75) is 38.8 Å². The number of hydrogen-bond acceptors (Lipinski definition) is 2. The van der Waals surface area contributed by atoms with Gasteiger partial charge in [-0.15, -0.1) is 0 Å². The first-order chi connectivity index (χ1) is 11.9. The number of hydrogen-bond donors (Lipinski definition) is 2. The normalized spacial score (nSPS) is 12.2. The van der Waals surface area contributed by atoms with E-state index < -0.39 is 0 Å². The second-order valence-electron chi connectivity index (χ2n) is 6.10. The molecule has 0 bridgehead atoms. The summed E-state index contributed by atoms with van der Waals surface area (Å²) in [5.74, 6) is 1.03. The van der Waals surface area contributed by atoms with Gasteiger partial charge >= 0.3 is 0 Å². The van der Waals surface area contributed by atoms with E-state index >= 15 is 0 Å². The van der Waals surface area contributed by atoms with Gasteiger partial charge in [-0.25, -0.2) is 4.98 Å². The first-order valence-corrected chi connectivity index (χ1v) is 8.75. The molecule has 0 aliphatic rings. The van der Waals surface area contributed by atoms with E-state index in [9.17, 15) is 0 Å². The van der Waals surface area contributed by atoms with Gasteiger partial charge in [0.2, 0.25) is 0 Å². The summed E-state index contributed by atoms with van der Waals surface area (Å²) in [5, 5.41) is 3.66. The Hall–Kier alpha value is -2.39. The van der Waals surface area contributed by atoms with Crippen molar-refractivity contribution in [2.75, 3.05) is 0 Å². The maximum Gasteiger partial charge on any atom is 0.124 e. The smallest absolute Gasteiger partial charge is 0.124 e. The number of H-pyrrole nitrogens is 1. The van der Waals surface area contributed by atoms with Crippen molar-refractivity contribution < 1.29 is 0 Å². The fourth-order valence-corrected chi connectivity index (χ4v) is 2.85. The van der Waals surface area contributed by atoms with Gasteiger partial charge in [0.15, 0.2) is 0 Å². The van der Waals surface area contributed by atoms with Crippen LogP contribution in [0, 0.1) is 0 Å². The van der Waals surface area contributed by atoms with Crippen LogP contribution in [0.2, 0.25) is 0 Å². The predicted molar refractivity (Wildman–Crippen MR) is 99.6 cm³/mol. The molecule has 0 aliphatic carbocycles. The zero-order valence-electron chi connectivity index (χ0n) is 14.2. The fraction of sp³-hybridized carbons (Fsp3) is 0.286. The van der Waals surface area contributed by atoms with E-state index in [0.717, 1.165) is 30.0 Å². The van der Waals surface area contributed by atoms with Crippen LogP contribution in [0.4, 0.5) is 0 Å². The van der Waals surface area contributed by atoms with Gasteiger partial charge in [0.1, 0.15) is 5.82 Å². The van der Waals surface area contributed by atoms with Crippen molar-refractivity contribution in [3.63, 3.8) is 0 Å². The minimum absolute atomic E-state index is 0.252. The van der Waals surface area contributed by atoms with E-state index in [1.807, 2.05) is 24.4 Å². The van der Waals surface area contributed by atoms with Crippen LogP contribution in [0.25, 0.3) is 11.3 Å². The summed E-state index contributed by atoms with van der Waals surface area (Å²) in [6.07, 6.45) is 5.47. The highest BCUT2D eigenvalue weighted by Gasteiger charge is 2.15. The zero-order chi connectivity index (χ0) is 16.6. The monoisotopic (exact) mass is 319 g/mol. The van der Waals surface area contributed by atoms with Crippen LogP contribution >= 0.6 is 0 Å². The summed E-state index contributed by atoms with van der Waals surface area (Å²) in [4.78, 5) is 8.20. The second kappa shape index (κ2) is 8.46. The van der Waals surface area contributed by atoms with Gasteiger partial charge < -0.3 is 10.3 Å². The van der Waals surface area contributed by atoms with Gasteiger partial charge in [0, 0.05) is 18.3 Å². The van der Waals surface area contributed by atoms with Crippen molar-refractivity contribution in [3.05, 3.63) is 78.2 Å². The number of unbranched alkanes of at least 4 members (excludes halogenated alkanes) is 1. The lowest BCUT2D eigenvalue weighted by Gasteiger charge is -2.16. The van der Waals surface area contributed by atoms with Crippen molar-refractivity contribution in [1.29, 1.82) is 0 Å². The lowest BCUT2D eigenvalue weighted by atomic mass is 10.1. The number of benzene rings is 2. The summed E-state index contributed by atoms with van der Waals surface area (Å²) in [6.45, 7) is 3.09. The molecule has 0 unspecified atom stereocenters. The molecule has 3 heteroatoms. The third-order valence-corrected chi connectivity index (χ3v) is 4.24. The van der Waals surface area contributed by atoms with Crippen molar-refractivity contribution in [2.24, 2.45) is 0 Å². The molecule has 0 saturated heterocycles. The average Bonchev–Trinajstić information content (AvgIpc) is 3.13. The molecule has 2 aromatic carbocycles. The molecule has 0 saturated carbocycles. The fourth-order valence-electron chi connectivity index (χ4n) is 2.85. The molecule has 3 rings (SSSR count). The molecular formula is C21H25N3. The van der Waals surface area contributed by atoms with Gasteiger partial charge in [-0.3, -0.25) is 0 Å². The summed E-state index contributed by atoms with van der Waals surface area (Å²) in [7, 11) is 0. The van der Waals surface area contributed by atoms with Crippen LogP contribution in [0.15, 0.2) is 66.9 Å². The van der Waals surface area contributed by atoms with E-state index in [1.54, 1.807) is 0 Å². The van der Waals surface area contributed by atoms with E-state index in [4.69, 9.17) is 4.98 Å². The van der Waals surface area contributed by atoms with Crippen LogP contribution in [0.1, 0.15) is 43.6 Å². The van der Waals surface area contributed by atoms with E-state index in [-0.39, 0.29) is 6.04 Å². The number of nitrogens with one attached hydrogen (secondary N) is 2. The Morgan fingerprint density at radius 2 is 1.71 bits per heavy atom. The van der Waals surface area contributed by atoms with Gasteiger partial charge in [-0.1, -0.05) is 80.4 Å². The molecular weight excluding hydrogens is 294 g/mol. The van der Waals surface area contributed by atoms with Crippen LogP contribution in [-0.4, -0.2) is 9.97 Å². The number of aromatic nitrogens is 2. The Morgan fingerprint density at radius 1 is 1.00 bits per heavy atom. The van der Waals surface area contributed by atoms with Crippen molar-refractivity contribution in [1.82, 2.24) is 15.3 Å². The van der Waals surface area contributed by atoms with Crippen LogP contribution < -0.4 is 5.32 Å². The lowest BCUT2D eigenvalue weighted by Crippen LogP contribution is -2.22. The Labute approximate surface area is 144 Å². The number of nitrogens with zero attached hydrogens (tertiary/aromatic N) is 1. The highest BCUT2D eigenvalue weighted by molar-refractivity contribution is 5.58. The van der Waals surface area contributed by atoms with Crippen molar-refractivity contribution in [3.8, 4) is 11.3 Å². The standard InChI is InChI=1S/C21H25N3/c1-2-3-14-19(22-15-17-10-6-4-7-11-17)21-23-16-20(24-21)18-12-8-5-9-13-18/h4-13,16,19,22H,2-3,14-15H2,1H3,(H,23,24)/t19-/m1/s1.